The summed E-state index contributed by atoms with van der Waals surface area (Å²) in [5.41, 5.74) is 0.471. The number of rotatable bonds is 0. The van der Waals surface area contributed by atoms with Crippen LogP contribution in [0.2, 0.25) is 0 Å². The van der Waals surface area contributed by atoms with Crippen molar-refractivity contribution < 1.29 is 4.79 Å². The molecule has 90 valence electrons. The summed E-state index contributed by atoms with van der Waals surface area (Å²) in [6.45, 7) is 9.09. The molecule has 3 fully saturated rings. The predicted molar refractivity (Wildman–Crippen MR) is 65.1 cm³/mol. The Bertz CT molecular complexity index is 356. The van der Waals surface area contributed by atoms with Crippen molar-refractivity contribution >= 4 is 5.78 Å². The smallest absolute Gasteiger partial charge is 0.144 e. The van der Waals surface area contributed by atoms with Crippen LogP contribution in [-0.2, 0) is 4.79 Å². The van der Waals surface area contributed by atoms with Crippen LogP contribution < -0.4 is 0 Å². The van der Waals surface area contributed by atoms with Gasteiger partial charge in [0, 0.05) is 10.8 Å². The minimum absolute atomic E-state index is 0.0125. The van der Waals surface area contributed by atoms with E-state index in [1.54, 1.807) is 0 Å². The van der Waals surface area contributed by atoms with Crippen LogP contribution in [0.15, 0.2) is 0 Å². The highest BCUT2D eigenvalue weighted by Gasteiger charge is 2.67. The molecule has 1 heteroatoms. The molecule has 0 N–H and O–H groups in total. The number of fused-ring (bicyclic) bond motifs is 1. The van der Waals surface area contributed by atoms with Crippen molar-refractivity contribution in [2.24, 2.45) is 28.1 Å². The summed E-state index contributed by atoms with van der Waals surface area (Å²) in [5, 5.41) is 0. The van der Waals surface area contributed by atoms with Gasteiger partial charge in [-0.05, 0) is 49.4 Å². The average Bonchev–Trinajstić information content (AvgIpc) is 2.69. The Morgan fingerprint density at radius 2 is 1.81 bits per heavy atom. The van der Waals surface area contributed by atoms with Gasteiger partial charge in [0.1, 0.15) is 5.78 Å². The zero-order valence-corrected chi connectivity index (χ0v) is 11.1. The Labute approximate surface area is 99.0 Å². The third-order valence-electron chi connectivity index (χ3n) is 6.43. The number of carbonyl (C=O) groups excluding carboxylic acids is 1. The molecule has 0 saturated heterocycles. The van der Waals surface area contributed by atoms with Gasteiger partial charge < -0.3 is 0 Å². The molecule has 3 saturated carbocycles. The predicted octanol–water partition coefficient (Wildman–Crippen LogP) is 3.82. The Balaban J connectivity index is 2.14. The lowest BCUT2D eigenvalue weighted by atomic mass is 9.52. The van der Waals surface area contributed by atoms with E-state index in [1.165, 1.54) is 25.7 Å². The standard InChI is InChI=1S/C15H24O/c1-10-5-6-11-13(2,3)12(16)14(4)7-8-15(10,11)9-14/h10-11H,5-9H2,1-4H3/t10-,11-,14+,15-/m1/s1. The van der Waals surface area contributed by atoms with Gasteiger partial charge in [-0.2, -0.15) is 0 Å². The number of hydrogen-bond acceptors (Lipinski definition) is 1. The Hall–Kier alpha value is -0.330. The van der Waals surface area contributed by atoms with Crippen LogP contribution in [0.3, 0.4) is 0 Å². The van der Waals surface area contributed by atoms with Gasteiger partial charge in [0.15, 0.2) is 0 Å². The fourth-order valence-electron chi connectivity index (χ4n) is 5.67. The number of carbonyl (C=O) groups is 1. The van der Waals surface area contributed by atoms with Crippen LogP contribution in [-0.4, -0.2) is 5.78 Å². The molecule has 1 nitrogen and oxygen atoms in total. The van der Waals surface area contributed by atoms with E-state index in [2.05, 4.69) is 27.7 Å². The molecule has 0 amide bonds. The largest absolute Gasteiger partial charge is 0.298 e. The van der Waals surface area contributed by atoms with Gasteiger partial charge in [0.05, 0.1) is 0 Å². The quantitative estimate of drug-likeness (QED) is 0.606. The second-order valence-corrected chi connectivity index (χ2v) is 7.55. The summed E-state index contributed by atoms with van der Waals surface area (Å²) in [6, 6.07) is 0. The third-order valence-corrected chi connectivity index (χ3v) is 6.43. The number of ketones is 1. The Morgan fingerprint density at radius 1 is 1.12 bits per heavy atom. The van der Waals surface area contributed by atoms with E-state index in [4.69, 9.17) is 0 Å². The van der Waals surface area contributed by atoms with Crippen LogP contribution in [0.25, 0.3) is 0 Å². The molecule has 0 aromatic heterocycles. The second kappa shape index (κ2) is 2.73. The van der Waals surface area contributed by atoms with E-state index in [1.807, 2.05) is 0 Å². The van der Waals surface area contributed by atoms with E-state index >= 15 is 0 Å². The number of Topliss-reactive ketones (excluding diaryl/α,β-unsaturated/α-hetero) is 1. The first kappa shape index (κ1) is 10.8. The minimum Gasteiger partial charge on any atom is -0.298 e. The molecule has 0 unspecified atom stereocenters. The van der Waals surface area contributed by atoms with E-state index in [0.717, 1.165) is 12.3 Å². The van der Waals surface area contributed by atoms with Gasteiger partial charge in [-0.3, -0.25) is 4.79 Å². The van der Waals surface area contributed by atoms with Crippen molar-refractivity contribution in [3.8, 4) is 0 Å². The lowest BCUT2D eigenvalue weighted by Crippen LogP contribution is -2.51. The summed E-state index contributed by atoms with van der Waals surface area (Å²) >= 11 is 0. The zero-order valence-electron chi connectivity index (χ0n) is 11.1. The summed E-state index contributed by atoms with van der Waals surface area (Å²) in [5.74, 6) is 2.07. The summed E-state index contributed by atoms with van der Waals surface area (Å²) < 4.78 is 0. The Morgan fingerprint density at radius 3 is 2.50 bits per heavy atom. The van der Waals surface area contributed by atoms with Crippen molar-refractivity contribution in [1.82, 2.24) is 0 Å². The second-order valence-electron chi connectivity index (χ2n) is 7.55. The first-order valence-corrected chi connectivity index (χ1v) is 6.88. The molecular weight excluding hydrogens is 196 g/mol. The molecule has 0 aromatic rings. The molecule has 1 spiro atoms. The third kappa shape index (κ3) is 0.966. The van der Waals surface area contributed by atoms with Crippen molar-refractivity contribution in [3.05, 3.63) is 0 Å². The molecule has 3 aliphatic rings. The molecule has 0 aliphatic heterocycles. The monoisotopic (exact) mass is 220 g/mol. The molecule has 0 aromatic carbocycles. The fourth-order valence-corrected chi connectivity index (χ4v) is 5.67. The first-order valence-electron chi connectivity index (χ1n) is 6.88. The van der Waals surface area contributed by atoms with E-state index in [-0.39, 0.29) is 10.8 Å². The van der Waals surface area contributed by atoms with Gasteiger partial charge >= 0.3 is 0 Å². The highest BCUT2D eigenvalue weighted by molar-refractivity contribution is 5.91. The highest BCUT2D eigenvalue weighted by atomic mass is 16.1. The molecule has 4 atom stereocenters. The minimum atomic E-state index is -0.0613. The molecule has 3 rings (SSSR count). The summed E-state index contributed by atoms with van der Waals surface area (Å²) in [4.78, 5) is 12.7. The van der Waals surface area contributed by atoms with Crippen molar-refractivity contribution in [2.75, 3.05) is 0 Å². The van der Waals surface area contributed by atoms with Gasteiger partial charge in [-0.25, -0.2) is 0 Å². The Kier molecular flexibility index (Phi) is 1.85. The van der Waals surface area contributed by atoms with Crippen LogP contribution >= 0.6 is 0 Å². The highest BCUT2D eigenvalue weighted by Crippen LogP contribution is 2.71. The molecule has 2 bridgehead atoms. The van der Waals surface area contributed by atoms with Crippen LogP contribution in [0, 0.1) is 28.1 Å². The van der Waals surface area contributed by atoms with Gasteiger partial charge in [-0.15, -0.1) is 0 Å². The van der Waals surface area contributed by atoms with E-state index in [0.29, 0.717) is 17.1 Å². The van der Waals surface area contributed by atoms with Crippen LogP contribution in [0.4, 0.5) is 0 Å². The van der Waals surface area contributed by atoms with E-state index in [9.17, 15) is 4.79 Å². The van der Waals surface area contributed by atoms with Gasteiger partial charge in [0.25, 0.3) is 0 Å². The molecule has 16 heavy (non-hydrogen) atoms. The topological polar surface area (TPSA) is 17.1 Å². The summed E-state index contributed by atoms with van der Waals surface area (Å²) in [6.07, 6.45) is 6.28. The van der Waals surface area contributed by atoms with Gasteiger partial charge in [-0.1, -0.05) is 27.7 Å². The maximum atomic E-state index is 12.7. The van der Waals surface area contributed by atoms with Crippen molar-refractivity contribution in [2.45, 2.75) is 59.8 Å². The lowest BCUT2D eigenvalue weighted by Gasteiger charge is -2.50. The maximum absolute atomic E-state index is 12.7. The molecule has 0 heterocycles. The first-order chi connectivity index (χ1) is 7.33. The summed E-state index contributed by atoms with van der Waals surface area (Å²) in [7, 11) is 0. The van der Waals surface area contributed by atoms with Crippen LogP contribution in [0.1, 0.15) is 59.8 Å². The normalized spacial score (nSPS) is 54.1. The van der Waals surface area contributed by atoms with Crippen molar-refractivity contribution in [1.29, 1.82) is 0 Å². The lowest BCUT2D eigenvalue weighted by molar-refractivity contribution is -0.148. The van der Waals surface area contributed by atoms with Gasteiger partial charge in [0.2, 0.25) is 0 Å². The van der Waals surface area contributed by atoms with E-state index < -0.39 is 0 Å². The SMILES string of the molecule is C[C@@H]1CC[C@@H]2C(C)(C)C(=O)[C@@]3(C)CC[C@@]12C3. The molecule has 0 radical (unpaired) electrons. The molecular formula is C15H24O. The van der Waals surface area contributed by atoms with Crippen molar-refractivity contribution in [3.63, 3.8) is 0 Å². The fraction of sp³-hybridized carbons (Fsp3) is 0.933. The average molecular weight is 220 g/mol. The number of hydrogen-bond donors (Lipinski definition) is 0. The zero-order chi connectivity index (χ0) is 11.8. The maximum Gasteiger partial charge on any atom is 0.144 e. The van der Waals surface area contributed by atoms with Crippen LogP contribution in [0.5, 0.6) is 0 Å². The molecule has 3 aliphatic carbocycles.